The minimum Gasteiger partial charge on any atom is -0.429 e. The number of ether oxygens (including phenoxy) is 1. The molecule has 0 unspecified atom stereocenters. The predicted molar refractivity (Wildman–Crippen MR) is 69.3 cm³/mol. The van der Waals surface area contributed by atoms with Gasteiger partial charge in [0.1, 0.15) is 5.78 Å². The van der Waals surface area contributed by atoms with Crippen molar-refractivity contribution < 1.29 is 24.5 Å². The Bertz CT molecular complexity index is 512. The highest BCUT2D eigenvalue weighted by atomic mass is 16.7. The molecule has 2 saturated carbocycles. The van der Waals surface area contributed by atoms with Crippen LogP contribution in [-0.4, -0.2) is 33.9 Å². The van der Waals surface area contributed by atoms with Crippen molar-refractivity contribution in [2.24, 2.45) is 23.2 Å². The number of carbonyl (C=O) groups excluding carboxylic acids is 2. The zero-order valence-electron chi connectivity index (χ0n) is 11.8. The topological polar surface area (TPSA) is 83.8 Å². The normalized spacial score (nSPS) is 51.5. The van der Waals surface area contributed by atoms with Crippen LogP contribution in [0.5, 0.6) is 0 Å². The second kappa shape index (κ2) is 3.92. The Balaban J connectivity index is 2.13. The van der Waals surface area contributed by atoms with Crippen LogP contribution < -0.4 is 0 Å². The second-order valence-corrected chi connectivity index (χ2v) is 6.71. The van der Waals surface area contributed by atoms with Gasteiger partial charge in [-0.2, -0.15) is 0 Å². The molecule has 1 aliphatic heterocycles. The van der Waals surface area contributed by atoms with Crippen LogP contribution in [0.25, 0.3) is 0 Å². The first-order chi connectivity index (χ1) is 9.21. The van der Waals surface area contributed by atoms with E-state index in [2.05, 4.69) is 6.58 Å². The first kappa shape index (κ1) is 13.8. The maximum atomic E-state index is 12.3. The Morgan fingerprint density at radius 3 is 2.70 bits per heavy atom. The van der Waals surface area contributed by atoms with Crippen molar-refractivity contribution in [2.45, 2.75) is 45.0 Å². The molecule has 0 amide bonds. The second-order valence-electron chi connectivity index (χ2n) is 6.71. The molecular formula is C15H20O5. The summed E-state index contributed by atoms with van der Waals surface area (Å²) >= 11 is 0. The Morgan fingerprint density at radius 1 is 1.40 bits per heavy atom. The summed E-state index contributed by atoms with van der Waals surface area (Å²) in [4.78, 5) is 24.0. The number of hydrogen-bond donors (Lipinski definition) is 2. The van der Waals surface area contributed by atoms with Gasteiger partial charge in [-0.25, -0.2) is 4.79 Å². The largest absolute Gasteiger partial charge is 0.429 e. The van der Waals surface area contributed by atoms with E-state index >= 15 is 0 Å². The number of hydrogen-bond acceptors (Lipinski definition) is 5. The van der Waals surface area contributed by atoms with Crippen molar-refractivity contribution in [1.29, 1.82) is 0 Å². The molecule has 20 heavy (non-hydrogen) atoms. The van der Waals surface area contributed by atoms with Crippen molar-refractivity contribution in [3.63, 3.8) is 0 Å². The fourth-order valence-corrected chi connectivity index (χ4v) is 4.57. The summed E-state index contributed by atoms with van der Waals surface area (Å²) in [6, 6.07) is 0. The van der Waals surface area contributed by atoms with Crippen LogP contribution in [0.1, 0.15) is 33.1 Å². The highest BCUT2D eigenvalue weighted by Gasteiger charge is 2.66. The summed E-state index contributed by atoms with van der Waals surface area (Å²) in [6.45, 7) is 7.33. The van der Waals surface area contributed by atoms with Gasteiger partial charge in [-0.1, -0.05) is 13.5 Å². The summed E-state index contributed by atoms with van der Waals surface area (Å²) < 4.78 is 5.08. The third-order valence-corrected chi connectivity index (χ3v) is 5.68. The lowest BCUT2D eigenvalue weighted by Gasteiger charge is -2.37. The minimum absolute atomic E-state index is 0.00162. The minimum atomic E-state index is -1.74. The average Bonchev–Trinajstić information content (AvgIpc) is 2.74. The predicted octanol–water partition coefficient (Wildman–Crippen LogP) is 0.790. The van der Waals surface area contributed by atoms with E-state index in [-0.39, 0.29) is 29.6 Å². The molecule has 0 aromatic heterocycles. The number of aliphatic hydroxyl groups is 2. The molecule has 2 aliphatic carbocycles. The molecule has 2 N–H and O–H groups in total. The summed E-state index contributed by atoms with van der Waals surface area (Å²) in [6.07, 6.45) is 0.232. The summed E-state index contributed by atoms with van der Waals surface area (Å²) in [5, 5.41) is 21.4. The summed E-state index contributed by atoms with van der Waals surface area (Å²) in [7, 11) is 0. The Hall–Kier alpha value is -1.20. The van der Waals surface area contributed by atoms with Crippen molar-refractivity contribution in [3.05, 3.63) is 12.2 Å². The van der Waals surface area contributed by atoms with E-state index in [4.69, 9.17) is 4.74 Å². The molecule has 110 valence electrons. The van der Waals surface area contributed by atoms with Gasteiger partial charge in [-0.15, -0.1) is 0 Å². The van der Waals surface area contributed by atoms with Crippen LogP contribution in [-0.2, 0) is 14.3 Å². The number of rotatable bonds is 0. The van der Waals surface area contributed by atoms with Crippen LogP contribution >= 0.6 is 0 Å². The number of carbonyl (C=O) groups is 2. The van der Waals surface area contributed by atoms with Crippen LogP contribution in [0.2, 0.25) is 0 Å². The SMILES string of the molecule is C=C1C(=O)O[C@]2(O)C[C@H](C)[C@@H]3CCC(=O)[C@@]3(C)[C@@H](O)[C@H]12. The molecule has 1 heterocycles. The van der Waals surface area contributed by atoms with E-state index in [0.717, 1.165) is 0 Å². The first-order valence-corrected chi connectivity index (χ1v) is 7.07. The fourth-order valence-electron chi connectivity index (χ4n) is 4.57. The Kier molecular flexibility index (Phi) is 2.70. The van der Waals surface area contributed by atoms with Gasteiger partial charge >= 0.3 is 5.97 Å². The van der Waals surface area contributed by atoms with E-state index in [9.17, 15) is 19.8 Å². The zero-order chi connectivity index (χ0) is 14.9. The average molecular weight is 280 g/mol. The number of Topliss-reactive ketones (excluding diaryl/α,β-unsaturated/α-hetero) is 1. The Morgan fingerprint density at radius 2 is 2.05 bits per heavy atom. The number of ketones is 1. The molecule has 3 rings (SSSR count). The van der Waals surface area contributed by atoms with Crippen molar-refractivity contribution >= 4 is 11.8 Å². The van der Waals surface area contributed by atoms with Crippen LogP contribution in [0, 0.1) is 23.2 Å². The standard InChI is InChI=1S/C15H20O5/c1-7-6-15(19)11(8(2)13(18)20-15)12(17)14(3)9(7)4-5-10(14)16/h7,9,11-12,17,19H,2,4-6H2,1,3H3/t7-,9-,11-,12-,14-,15+/m0/s1. The molecule has 0 bridgehead atoms. The molecule has 0 spiro atoms. The van der Waals surface area contributed by atoms with E-state index in [1.165, 1.54) is 0 Å². The third kappa shape index (κ3) is 1.45. The lowest BCUT2D eigenvalue weighted by atomic mass is 9.68. The van der Waals surface area contributed by atoms with Crippen molar-refractivity contribution in [1.82, 2.24) is 0 Å². The molecule has 3 aliphatic rings. The van der Waals surface area contributed by atoms with E-state index < -0.39 is 29.2 Å². The molecule has 0 radical (unpaired) electrons. The van der Waals surface area contributed by atoms with E-state index in [1.54, 1.807) is 6.92 Å². The summed E-state index contributed by atoms with van der Waals surface area (Å²) in [5.74, 6) is -3.37. The van der Waals surface area contributed by atoms with Gasteiger partial charge in [0.15, 0.2) is 0 Å². The van der Waals surface area contributed by atoms with Crippen molar-refractivity contribution in [2.75, 3.05) is 0 Å². The van der Waals surface area contributed by atoms with E-state index in [1.807, 2.05) is 6.92 Å². The molecular weight excluding hydrogens is 260 g/mol. The third-order valence-electron chi connectivity index (χ3n) is 5.68. The molecule has 1 saturated heterocycles. The Labute approximate surface area is 117 Å². The maximum absolute atomic E-state index is 12.3. The number of aliphatic hydroxyl groups excluding tert-OH is 1. The highest BCUT2D eigenvalue weighted by molar-refractivity contribution is 5.93. The zero-order valence-corrected chi connectivity index (χ0v) is 11.8. The van der Waals surface area contributed by atoms with Crippen molar-refractivity contribution in [3.8, 4) is 0 Å². The van der Waals surface area contributed by atoms with Crippen LogP contribution in [0.3, 0.4) is 0 Å². The molecule has 5 heteroatoms. The quantitative estimate of drug-likeness (QED) is 0.506. The molecule has 5 nitrogen and oxygen atoms in total. The lowest BCUT2D eigenvalue weighted by molar-refractivity contribution is -0.217. The first-order valence-electron chi connectivity index (χ1n) is 7.07. The van der Waals surface area contributed by atoms with Gasteiger partial charge in [0.25, 0.3) is 0 Å². The lowest BCUT2D eigenvalue weighted by Crippen LogP contribution is -2.49. The van der Waals surface area contributed by atoms with Gasteiger partial charge in [0.2, 0.25) is 5.79 Å². The molecule has 3 fully saturated rings. The molecule has 6 atom stereocenters. The summed E-state index contributed by atoms with van der Waals surface area (Å²) in [5.41, 5.74) is -0.875. The monoisotopic (exact) mass is 280 g/mol. The van der Waals surface area contributed by atoms with Crippen LogP contribution in [0.15, 0.2) is 12.2 Å². The van der Waals surface area contributed by atoms with Gasteiger partial charge in [-0.05, 0) is 25.2 Å². The highest BCUT2D eigenvalue weighted by Crippen LogP contribution is 2.57. The van der Waals surface area contributed by atoms with Gasteiger partial charge < -0.3 is 14.9 Å². The van der Waals surface area contributed by atoms with E-state index in [0.29, 0.717) is 12.8 Å². The van der Waals surface area contributed by atoms with Gasteiger partial charge in [0.05, 0.1) is 17.4 Å². The smallest absolute Gasteiger partial charge is 0.336 e. The number of fused-ring (bicyclic) bond motifs is 2. The van der Waals surface area contributed by atoms with Crippen LogP contribution in [0.4, 0.5) is 0 Å². The number of esters is 1. The maximum Gasteiger partial charge on any atom is 0.336 e. The molecule has 0 aromatic carbocycles. The van der Waals surface area contributed by atoms with Gasteiger partial charge in [-0.3, -0.25) is 4.79 Å². The van der Waals surface area contributed by atoms with Gasteiger partial charge in [0, 0.05) is 18.4 Å². The fraction of sp³-hybridized carbons (Fsp3) is 0.733. The molecule has 0 aromatic rings.